The molecule has 248 valence electrons. The highest BCUT2D eigenvalue weighted by molar-refractivity contribution is 5.96. The van der Waals surface area contributed by atoms with Crippen molar-refractivity contribution >= 4 is 29.6 Å². The molecule has 0 aromatic heterocycles. The van der Waals surface area contributed by atoms with Gasteiger partial charge in [-0.1, -0.05) is 45.4 Å². The van der Waals surface area contributed by atoms with Crippen LogP contribution in [0.3, 0.4) is 0 Å². The van der Waals surface area contributed by atoms with Gasteiger partial charge in [-0.05, 0) is 102 Å². The van der Waals surface area contributed by atoms with E-state index in [0.29, 0.717) is 24.4 Å². The molecule has 2 amide bonds. The molecule has 1 aromatic rings. The van der Waals surface area contributed by atoms with Crippen molar-refractivity contribution in [1.82, 2.24) is 4.90 Å². The number of ether oxygens (including phenoxy) is 3. The lowest BCUT2D eigenvalue weighted by Gasteiger charge is -2.57. The third-order valence-electron chi connectivity index (χ3n) is 11.0. The van der Waals surface area contributed by atoms with Crippen LogP contribution in [0.4, 0.5) is 15.3 Å². The van der Waals surface area contributed by atoms with Crippen LogP contribution in [0.1, 0.15) is 113 Å². The number of rotatable bonds is 3. The minimum atomic E-state index is -1.03. The van der Waals surface area contributed by atoms with Crippen molar-refractivity contribution in [3.8, 4) is 0 Å². The Morgan fingerprint density at radius 1 is 0.933 bits per heavy atom. The molecule has 2 aliphatic carbocycles. The molecule has 0 radical (unpaired) electrons. The molecule has 1 aromatic carbocycles. The average molecular weight is 625 g/mol. The second-order valence-corrected chi connectivity index (χ2v) is 16.7. The van der Waals surface area contributed by atoms with Gasteiger partial charge in [0, 0.05) is 17.8 Å². The van der Waals surface area contributed by atoms with Crippen molar-refractivity contribution in [2.24, 2.45) is 22.7 Å². The summed E-state index contributed by atoms with van der Waals surface area (Å²) in [4.78, 5) is 58.9. The first-order chi connectivity index (χ1) is 20.8. The predicted molar refractivity (Wildman–Crippen MR) is 171 cm³/mol. The summed E-state index contributed by atoms with van der Waals surface area (Å²) >= 11 is 0. The summed E-state index contributed by atoms with van der Waals surface area (Å²) in [7, 11) is 1.30. The Labute approximate surface area is 268 Å². The number of methoxy groups -OCH3 is 1. The third-order valence-corrected chi connectivity index (χ3v) is 11.0. The summed E-state index contributed by atoms with van der Waals surface area (Å²) in [6.07, 6.45) is 2.74. The van der Waals surface area contributed by atoms with E-state index < -0.39 is 47.0 Å². The summed E-state index contributed by atoms with van der Waals surface area (Å²) in [5, 5.41) is 0. The van der Waals surface area contributed by atoms with E-state index in [0.717, 1.165) is 31.2 Å². The van der Waals surface area contributed by atoms with Gasteiger partial charge in [-0.15, -0.1) is 0 Å². The minimum absolute atomic E-state index is 0.0892. The van der Waals surface area contributed by atoms with Gasteiger partial charge in [0.15, 0.2) is 0 Å². The van der Waals surface area contributed by atoms with Crippen LogP contribution in [0.5, 0.6) is 0 Å². The lowest BCUT2D eigenvalue weighted by atomic mass is 9.46. The largest absolute Gasteiger partial charge is 0.467 e. The number of amides is 2. The van der Waals surface area contributed by atoms with E-state index >= 15 is 0 Å². The number of hydrogen-bond acceptors (Lipinski definition) is 7. The Morgan fingerprint density at radius 3 is 2.18 bits per heavy atom. The van der Waals surface area contributed by atoms with Crippen LogP contribution >= 0.6 is 0 Å². The molecule has 9 nitrogen and oxygen atoms in total. The van der Waals surface area contributed by atoms with Gasteiger partial charge < -0.3 is 14.2 Å². The van der Waals surface area contributed by atoms with Crippen molar-refractivity contribution < 1.29 is 33.4 Å². The minimum Gasteiger partial charge on any atom is -0.467 e. The van der Waals surface area contributed by atoms with Crippen LogP contribution in [0.25, 0.3) is 0 Å². The molecule has 0 N–H and O–H groups in total. The zero-order valence-electron chi connectivity index (χ0n) is 28.8. The molecular weight excluding hydrogens is 572 g/mol. The summed E-state index contributed by atoms with van der Waals surface area (Å²) in [5.41, 5.74) is -1.36. The monoisotopic (exact) mass is 624 g/mol. The van der Waals surface area contributed by atoms with Crippen LogP contribution < -0.4 is 4.90 Å². The van der Waals surface area contributed by atoms with E-state index in [1.165, 1.54) is 16.9 Å². The first-order valence-electron chi connectivity index (χ1n) is 16.5. The fraction of sp³-hybridized carbons (Fsp3) is 0.722. The van der Waals surface area contributed by atoms with Crippen LogP contribution in [0.15, 0.2) is 24.3 Å². The van der Waals surface area contributed by atoms with Gasteiger partial charge in [-0.2, -0.15) is 0 Å². The molecule has 45 heavy (non-hydrogen) atoms. The quantitative estimate of drug-likeness (QED) is 0.255. The molecule has 4 aliphatic rings. The van der Waals surface area contributed by atoms with Crippen molar-refractivity contribution in [3.05, 3.63) is 29.8 Å². The Morgan fingerprint density at radius 2 is 1.56 bits per heavy atom. The van der Waals surface area contributed by atoms with Gasteiger partial charge in [0.05, 0.1) is 12.8 Å². The molecule has 2 saturated carbocycles. The zero-order chi connectivity index (χ0) is 33.3. The van der Waals surface area contributed by atoms with E-state index in [2.05, 4.69) is 20.8 Å². The molecular formula is C36H52N2O7. The first-order valence-corrected chi connectivity index (χ1v) is 16.5. The normalized spacial score (nSPS) is 32.4. The highest BCUT2D eigenvalue weighted by Gasteiger charge is 2.68. The van der Waals surface area contributed by atoms with E-state index in [-0.39, 0.29) is 29.0 Å². The summed E-state index contributed by atoms with van der Waals surface area (Å²) in [5.74, 6) is -0.330. The van der Waals surface area contributed by atoms with E-state index in [9.17, 15) is 19.2 Å². The van der Waals surface area contributed by atoms with Crippen LogP contribution in [0.2, 0.25) is 0 Å². The van der Waals surface area contributed by atoms with Gasteiger partial charge >= 0.3 is 18.2 Å². The number of carbonyl (C=O) groups is 4. The third kappa shape index (κ3) is 5.62. The number of para-hydroxylation sites is 1. The Bertz CT molecular complexity index is 1370. The molecule has 0 bridgehead atoms. The molecule has 1 saturated heterocycles. The fourth-order valence-electron chi connectivity index (χ4n) is 9.37. The fourth-order valence-corrected chi connectivity index (χ4v) is 9.37. The number of fused-ring (bicyclic) bond motifs is 4. The second kappa shape index (κ2) is 11.0. The van der Waals surface area contributed by atoms with Crippen molar-refractivity contribution in [1.29, 1.82) is 0 Å². The standard InChI is InChI=1S/C36H52N2O7/c1-32(2,3)44-30(41)37-24-15-12-11-14-22(24)36(20-23-26(39)16-17-27-34(7,8)18-13-19-35(23,27)9)21-25(28(40)43-10)38(29(36)37)31(42)45-33(4,5)6/h11-12,14-15,23,25,27,29H,13,16-21H2,1-10H3/t23-,25-,27-,29-,35+,36-/m0/s1. The first kappa shape index (κ1) is 33.3. The van der Waals surface area contributed by atoms with Gasteiger partial charge in [0.2, 0.25) is 0 Å². The van der Waals surface area contributed by atoms with Crippen molar-refractivity contribution in [3.63, 3.8) is 0 Å². The number of esters is 1. The Hall–Kier alpha value is -3.10. The van der Waals surface area contributed by atoms with Gasteiger partial charge in [-0.3, -0.25) is 14.6 Å². The predicted octanol–water partition coefficient (Wildman–Crippen LogP) is 7.39. The number of Topliss-reactive ketones (excluding diaryl/α,β-unsaturated/α-hetero) is 1. The molecule has 2 aliphatic heterocycles. The number of benzene rings is 1. The number of carbonyl (C=O) groups excluding carboxylic acids is 4. The van der Waals surface area contributed by atoms with Crippen LogP contribution in [-0.2, 0) is 29.2 Å². The second-order valence-electron chi connectivity index (χ2n) is 16.7. The number of ketones is 1. The number of nitrogens with zero attached hydrogens (tertiary/aromatic N) is 2. The Kier molecular flexibility index (Phi) is 8.14. The molecule has 0 spiro atoms. The lowest BCUT2D eigenvalue weighted by Crippen LogP contribution is -2.59. The average Bonchev–Trinajstić information content (AvgIpc) is 3.37. The number of hydrogen-bond donors (Lipinski definition) is 0. The SMILES string of the molecule is COC(=O)[C@@H]1C[C@@]2(C[C@H]3C(=O)CC[C@H]4C(C)(C)CCC[C@]34C)c3ccccc3N(C(=O)OC(C)(C)C)[C@H]2N1C(=O)OC(C)(C)C. The Balaban J connectivity index is 1.72. The maximum atomic E-state index is 14.2. The maximum absolute atomic E-state index is 14.2. The molecule has 0 unspecified atom stereocenters. The van der Waals surface area contributed by atoms with Crippen LogP contribution in [-0.4, -0.2) is 59.4 Å². The van der Waals surface area contributed by atoms with E-state index in [1.807, 2.05) is 24.3 Å². The summed E-state index contributed by atoms with van der Waals surface area (Å²) in [6, 6.07) is 6.57. The molecule has 2 heterocycles. The zero-order valence-corrected chi connectivity index (χ0v) is 28.8. The van der Waals surface area contributed by atoms with E-state index in [4.69, 9.17) is 14.2 Å². The summed E-state index contributed by atoms with van der Waals surface area (Å²) in [6.45, 7) is 17.6. The van der Waals surface area contributed by atoms with Crippen molar-refractivity contribution in [2.45, 2.75) is 136 Å². The van der Waals surface area contributed by atoms with Crippen molar-refractivity contribution in [2.75, 3.05) is 12.0 Å². The van der Waals surface area contributed by atoms with E-state index in [1.54, 1.807) is 41.5 Å². The van der Waals surface area contributed by atoms with Gasteiger partial charge in [0.25, 0.3) is 0 Å². The number of likely N-dealkylation sites (tertiary alicyclic amines) is 1. The molecule has 3 fully saturated rings. The van der Waals surface area contributed by atoms with Gasteiger partial charge in [0.1, 0.15) is 29.2 Å². The maximum Gasteiger partial charge on any atom is 0.416 e. The van der Waals surface area contributed by atoms with Crippen LogP contribution in [0, 0.1) is 22.7 Å². The van der Waals surface area contributed by atoms with Gasteiger partial charge in [-0.25, -0.2) is 14.4 Å². The highest BCUT2D eigenvalue weighted by atomic mass is 16.6. The lowest BCUT2D eigenvalue weighted by molar-refractivity contribution is -0.146. The molecule has 9 heteroatoms. The smallest absolute Gasteiger partial charge is 0.416 e. The summed E-state index contributed by atoms with van der Waals surface area (Å²) < 4.78 is 17.1. The topological polar surface area (TPSA) is 102 Å². The molecule has 6 atom stereocenters. The highest BCUT2D eigenvalue weighted by Crippen LogP contribution is 2.64. The number of anilines is 1. The molecule has 5 rings (SSSR count).